The first-order valence-corrected chi connectivity index (χ1v) is 6.63. The highest BCUT2D eigenvalue weighted by Crippen LogP contribution is 2.57. The topological polar surface area (TPSA) is 32.3 Å². The molecule has 17 heavy (non-hydrogen) atoms. The van der Waals surface area contributed by atoms with E-state index in [0.29, 0.717) is 18.3 Å². The Balaban J connectivity index is 1.75. The van der Waals surface area contributed by atoms with Gasteiger partial charge in [-0.3, -0.25) is 0 Å². The van der Waals surface area contributed by atoms with E-state index in [4.69, 9.17) is 0 Å². The Kier molecular flexibility index (Phi) is 2.38. The van der Waals surface area contributed by atoms with Crippen molar-refractivity contribution in [2.75, 3.05) is 6.54 Å². The molecule has 2 nitrogen and oxygen atoms in total. The maximum atomic E-state index is 13.0. The van der Waals surface area contributed by atoms with Crippen LogP contribution in [0.15, 0.2) is 0 Å². The predicted molar refractivity (Wildman–Crippen MR) is 61.0 cm³/mol. The number of aliphatic hydroxyl groups is 1. The van der Waals surface area contributed by atoms with E-state index in [1.54, 1.807) is 0 Å². The molecule has 0 radical (unpaired) electrons. The second-order valence-electron chi connectivity index (χ2n) is 6.89. The monoisotopic (exact) mass is 245 g/mol. The Labute approximate surface area is 101 Å². The molecule has 0 aromatic rings. The predicted octanol–water partition coefficient (Wildman–Crippen LogP) is 2.31. The molecular weight excluding hydrogens is 224 g/mol. The van der Waals surface area contributed by atoms with Crippen molar-refractivity contribution in [3.05, 3.63) is 0 Å². The summed E-state index contributed by atoms with van der Waals surface area (Å²) in [4.78, 5) is 0. The van der Waals surface area contributed by atoms with E-state index in [1.807, 2.05) is 0 Å². The standard InChI is InChI=1S/C13H21F2NO/c1-11(14,15)8-16-12-3-9-2-10(4-12)6-13(17,5-9)7-12/h9-10,16-17H,2-8H2,1H3. The minimum atomic E-state index is -2.66. The summed E-state index contributed by atoms with van der Waals surface area (Å²) in [5, 5.41) is 13.6. The number of hydrogen-bond acceptors (Lipinski definition) is 2. The third kappa shape index (κ3) is 2.22. The molecule has 4 heteroatoms. The van der Waals surface area contributed by atoms with Crippen LogP contribution in [0.25, 0.3) is 0 Å². The third-order valence-corrected chi connectivity index (χ3v) is 4.80. The van der Waals surface area contributed by atoms with Gasteiger partial charge in [-0.15, -0.1) is 0 Å². The highest BCUT2D eigenvalue weighted by Gasteiger charge is 2.57. The fourth-order valence-electron chi connectivity index (χ4n) is 4.76. The van der Waals surface area contributed by atoms with Crippen LogP contribution >= 0.6 is 0 Å². The van der Waals surface area contributed by atoms with E-state index in [9.17, 15) is 13.9 Å². The largest absolute Gasteiger partial charge is 0.390 e. The molecule has 2 atom stereocenters. The number of nitrogens with one attached hydrogen (secondary N) is 1. The molecule has 4 rings (SSSR count). The zero-order valence-electron chi connectivity index (χ0n) is 10.3. The van der Waals surface area contributed by atoms with Gasteiger partial charge in [-0.05, 0) is 50.4 Å². The zero-order chi connectivity index (χ0) is 12.3. The summed E-state index contributed by atoms with van der Waals surface area (Å²) in [5.41, 5.74) is -0.779. The lowest BCUT2D eigenvalue weighted by Gasteiger charge is -2.60. The zero-order valence-corrected chi connectivity index (χ0v) is 10.3. The first-order valence-electron chi connectivity index (χ1n) is 6.63. The first kappa shape index (κ1) is 11.8. The lowest BCUT2D eigenvalue weighted by Crippen LogP contribution is -2.65. The summed E-state index contributed by atoms with van der Waals surface area (Å²) in [6.07, 6.45) is 5.58. The van der Waals surface area contributed by atoms with E-state index < -0.39 is 11.5 Å². The Morgan fingerprint density at radius 1 is 1.24 bits per heavy atom. The van der Waals surface area contributed by atoms with E-state index in [2.05, 4.69) is 5.32 Å². The average Bonchev–Trinajstić information content (AvgIpc) is 2.09. The van der Waals surface area contributed by atoms with Crippen LogP contribution in [0.3, 0.4) is 0 Å². The molecular formula is C13H21F2NO. The summed E-state index contributed by atoms with van der Waals surface area (Å²) < 4.78 is 26.0. The van der Waals surface area contributed by atoms with E-state index in [0.717, 1.165) is 32.6 Å². The molecule has 4 saturated carbocycles. The quantitative estimate of drug-likeness (QED) is 0.799. The smallest absolute Gasteiger partial charge is 0.257 e. The normalized spacial score (nSPS) is 48.7. The van der Waals surface area contributed by atoms with Crippen LogP contribution < -0.4 is 5.32 Å². The van der Waals surface area contributed by atoms with Crippen LogP contribution in [0.2, 0.25) is 0 Å². The van der Waals surface area contributed by atoms with E-state index in [-0.39, 0.29) is 12.1 Å². The molecule has 0 heterocycles. The lowest BCUT2D eigenvalue weighted by molar-refractivity contribution is -0.146. The van der Waals surface area contributed by atoms with Crippen molar-refractivity contribution in [2.45, 2.75) is 62.5 Å². The summed E-state index contributed by atoms with van der Waals surface area (Å²) in [6.45, 7) is 0.692. The number of hydrogen-bond donors (Lipinski definition) is 2. The Bertz CT molecular complexity index is 312. The Morgan fingerprint density at radius 3 is 2.29 bits per heavy atom. The minimum Gasteiger partial charge on any atom is -0.390 e. The third-order valence-electron chi connectivity index (χ3n) is 4.80. The van der Waals surface area contributed by atoms with Gasteiger partial charge in [0.05, 0.1) is 12.1 Å². The van der Waals surface area contributed by atoms with E-state index in [1.165, 1.54) is 6.42 Å². The van der Waals surface area contributed by atoms with Crippen LogP contribution in [0.1, 0.15) is 45.4 Å². The molecule has 0 spiro atoms. The molecule has 98 valence electrons. The summed E-state index contributed by atoms with van der Waals surface area (Å²) >= 11 is 0. The van der Waals surface area contributed by atoms with Crippen LogP contribution in [-0.4, -0.2) is 28.7 Å². The molecule has 4 aliphatic rings. The van der Waals surface area contributed by atoms with E-state index >= 15 is 0 Å². The molecule has 0 aromatic carbocycles. The van der Waals surface area contributed by atoms with Crippen molar-refractivity contribution in [1.82, 2.24) is 5.32 Å². The van der Waals surface area contributed by atoms with Crippen molar-refractivity contribution in [3.63, 3.8) is 0 Å². The summed E-state index contributed by atoms with van der Waals surface area (Å²) in [5.74, 6) is -1.58. The van der Waals surface area contributed by atoms with Crippen molar-refractivity contribution >= 4 is 0 Å². The summed E-state index contributed by atoms with van der Waals surface area (Å²) in [7, 11) is 0. The SMILES string of the molecule is CC(F)(F)CNC12CC3CC(CC(O)(C3)C1)C2. The molecule has 2 unspecified atom stereocenters. The van der Waals surface area contributed by atoms with Gasteiger partial charge in [-0.1, -0.05) is 0 Å². The van der Waals surface area contributed by atoms with Crippen LogP contribution in [0.5, 0.6) is 0 Å². The fourth-order valence-corrected chi connectivity index (χ4v) is 4.76. The van der Waals surface area contributed by atoms with Crippen molar-refractivity contribution in [1.29, 1.82) is 0 Å². The van der Waals surface area contributed by atoms with Gasteiger partial charge in [-0.25, -0.2) is 8.78 Å². The Hall–Kier alpha value is -0.220. The molecule has 2 N–H and O–H groups in total. The molecule has 4 aliphatic carbocycles. The number of alkyl halides is 2. The average molecular weight is 245 g/mol. The van der Waals surface area contributed by atoms with Crippen molar-refractivity contribution in [2.24, 2.45) is 11.8 Å². The van der Waals surface area contributed by atoms with Gasteiger partial charge in [0.2, 0.25) is 0 Å². The molecule has 0 aromatic heterocycles. The van der Waals surface area contributed by atoms with Gasteiger partial charge in [-0.2, -0.15) is 0 Å². The van der Waals surface area contributed by atoms with Gasteiger partial charge in [0.1, 0.15) is 0 Å². The van der Waals surface area contributed by atoms with Gasteiger partial charge in [0.15, 0.2) is 0 Å². The maximum Gasteiger partial charge on any atom is 0.257 e. The summed E-state index contributed by atoms with van der Waals surface area (Å²) in [6, 6.07) is 0. The second kappa shape index (κ2) is 3.41. The maximum absolute atomic E-state index is 13.0. The molecule has 4 fully saturated rings. The molecule has 0 aliphatic heterocycles. The van der Waals surface area contributed by atoms with Crippen LogP contribution in [0.4, 0.5) is 8.78 Å². The van der Waals surface area contributed by atoms with Gasteiger partial charge >= 0.3 is 0 Å². The number of rotatable bonds is 3. The van der Waals surface area contributed by atoms with Gasteiger partial charge < -0.3 is 10.4 Å². The van der Waals surface area contributed by atoms with Gasteiger partial charge in [0, 0.05) is 12.5 Å². The first-order chi connectivity index (χ1) is 7.78. The minimum absolute atomic E-state index is 0.210. The molecule has 4 bridgehead atoms. The molecule has 0 amide bonds. The Morgan fingerprint density at radius 2 is 1.82 bits per heavy atom. The van der Waals surface area contributed by atoms with Gasteiger partial charge in [0.25, 0.3) is 5.92 Å². The van der Waals surface area contributed by atoms with Crippen molar-refractivity contribution < 1.29 is 13.9 Å². The lowest BCUT2D eigenvalue weighted by atomic mass is 9.51. The van der Waals surface area contributed by atoms with Crippen LogP contribution in [0, 0.1) is 11.8 Å². The van der Waals surface area contributed by atoms with Crippen LogP contribution in [-0.2, 0) is 0 Å². The fraction of sp³-hybridized carbons (Fsp3) is 1.00. The number of halogens is 2. The molecule has 0 saturated heterocycles. The highest BCUT2D eigenvalue weighted by atomic mass is 19.3. The van der Waals surface area contributed by atoms with Crippen molar-refractivity contribution in [3.8, 4) is 0 Å². The highest BCUT2D eigenvalue weighted by molar-refractivity contribution is 5.12. The second-order valence-corrected chi connectivity index (χ2v) is 6.89.